The molecule has 5 N–H and O–H groups in total. The molecule has 0 saturated heterocycles. The molecule has 2 rings (SSSR count). The number of aromatic amines is 1. The minimum atomic E-state index is -0.226. The van der Waals surface area contributed by atoms with Crippen LogP contribution in [0, 0.1) is 0 Å². The van der Waals surface area contributed by atoms with Crippen LogP contribution in [-0.4, -0.2) is 26.1 Å². The van der Waals surface area contributed by atoms with Gasteiger partial charge in [0.05, 0.1) is 6.54 Å². The number of nitrogens with zero attached hydrogens (tertiary/aromatic N) is 3. The lowest BCUT2D eigenvalue weighted by Gasteiger charge is -2.19. The van der Waals surface area contributed by atoms with Crippen LogP contribution in [0.3, 0.4) is 0 Å². The Bertz CT molecular complexity index is 616. The van der Waals surface area contributed by atoms with Crippen LogP contribution in [0.4, 0.5) is 5.82 Å². The number of anilines is 1. The number of carbonyl (C=O) groups excluding carboxylic acids is 1. The molecule has 2 heterocycles. The highest BCUT2D eigenvalue weighted by molar-refractivity contribution is 5.95. The number of hydrogen-bond donors (Lipinski definition) is 4. The highest BCUT2D eigenvalue weighted by Crippen LogP contribution is 2.23. The van der Waals surface area contributed by atoms with E-state index in [1.807, 2.05) is 20.8 Å². The fraction of sp³-hybridized carbons (Fsp3) is 0.385. The van der Waals surface area contributed by atoms with Crippen LogP contribution in [-0.2, 0) is 12.0 Å². The summed E-state index contributed by atoms with van der Waals surface area (Å²) in [6, 6.07) is 3.36. The van der Waals surface area contributed by atoms with Crippen molar-refractivity contribution >= 4 is 11.7 Å². The maximum Gasteiger partial charge on any atom is 0.251 e. The number of nitrogen functional groups attached to an aromatic ring is 1. The van der Waals surface area contributed by atoms with Gasteiger partial charge < -0.3 is 10.7 Å². The van der Waals surface area contributed by atoms with Crippen LogP contribution in [0.25, 0.3) is 0 Å². The zero-order chi connectivity index (χ0) is 15.5. The molecule has 2 aromatic heterocycles. The Balaban J connectivity index is 2.19. The minimum absolute atomic E-state index is 0.188. The summed E-state index contributed by atoms with van der Waals surface area (Å²) in [6.07, 6.45) is 1.39. The summed E-state index contributed by atoms with van der Waals surface area (Å²) in [6.45, 7) is 6.33. The predicted octanol–water partition coefficient (Wildman–Crippen LogP) is 0.713. The number of hydrazine groups is 1. The van der Waals surface area contributed by atoms with E-state index in [1.165, 1.54) is 6.33 Å². The lowest BCUT2D eigenvalue weighted by Crippen LogP contribution is -2.25. The first-order valence-electron chi connectivity index (χ1n) is 6.52. The van der Waals surface area contributed by atoms with Crippen LogP contribution in [0.2, 0.25) is 0 Å². The first-order chi connectivity index (χ1) is 9.90. The highest BCUT2D eigenvalue weighted by atomic mass is 16.1. The maximum atomic E-state index is 12.2. The van der Waals surface area contributed by atoms with Crippen LogP contribution in [0.15, 0.2) is 18.5 Å². The van der Waals surface area contributed by atoms with E-state index >= 15 is 0 Å². The summed E-state index contributed by atoms with van der Waals surface area (Å²) >= 11 is 0. The van der Waals surface area contributed by atoms with Crippen molar-refractivity contribution in [2.75, 3.05) is 5.43 Å². The summed E-state index contributed by atoms with van der Waals surface area (Å²) in [4.78, 5) is 20.5. The number of amides is 1. The van der Waals surface area contributed by atoms with Gasteiger partial charge in [0.2, 0.25) is 0 Å². The molecule has 0 radical (unpaired) electrons. The summed E-state index contributed by atoms with van der Waals surface area (Å²) in [7, 11) is 0. The average Bonchev–Trinajstić information content (AvgIpc) is 2.96. The van der Waals surface area contributed by atoms with Gasteiger partial charge in [0.1, 0.15) is 18.0 Å². The third kappa shape index (κ3) is 3.76. The summed E-state index contributed by atoms with van der Waals surface area (Å²) < 4.78 is 0. The molecule has 8 heteroatoms. The van der Waals surface area contributed by atoms with Crippen molar-refractivity contribution in [2.45, 2.75) is 32.7 Å². The number of pyridine rings is 1. The van der Waals surface area contributed by atoms with Crippen LogP contribution in [0.5, 0.6) is 0 Å². The van der Waals surface area contributed by atoms with E-state index in [2.05, 4.69) is 30.9 Å². The molecule has 0 aliphatic carbocycles. The number of rotatable bonds is 4. The second-order valence-corrected chi connectivity index (χ2v) is 5.64. The number of hydrogen-bond acceptors (Lipinski definition) is 6. The van der Waals surface area contributed by atoms with Gasteiger partial charge in [0.15, 0.2) is 0 Å². The SMILES string of the molecule is CC(C)(C)c1cc(C(=O)NCc2ncn[nH]2)cc(NN)n1. The Hall–Kier alpha value is -2.48. The third-order valence-electron chi connectivity index (χ3n) is 2.89. The van der Waals surface area contributed by atoms with Gasteiger partial charge in [-0.1, -0.05) is 20.8 Å². The van der Waals surface area contributed by atoms with Crippen LogP contribution < -0.4 is 16.6 Å². The first-order valence-corrected chi connectivity index (χ1v) is 6.52. The van der Waals surface area contributed by atoms with Gasteiger partial charge in [0, 0.05) is 16.7 Å². The smallest absolute Gasteiger partial charge is 0.251 e. The molecule has 0 atom stereocenters. The van der Waals surface area contributed by atoms with Crippen molar-refractivity contribution in [2.24, 2.45) is 5.84 Å². The topological polar surface area (TPSA) is 122 Å². The lowest BCUT2D eigenvalue weighted by molar-refractivity contribution is 0.0949. The number of nitrogens with two attached hydrogens (primary N) is 1. The van der Waals surface area contributed by atoms with Crippen molar-refractivity contribution in [3.8, 4) is 0 Å². The first kappa shape index (κ1) is 14.9. The molecule has 0 fully saturated rings. The Labute approximate surface area is 122 Å². The van der Waals surface area contributed by atoms with Gasteiger partial charge in [0.25, 0.3) is 5.91 Å². The number of aromatic nitrogens is 4. The number of carbonyl (C=O) groups is 1. The molecule has 0 aliphatic heterocycles. The fourth-order valence-electron chi connectivity index (χ4n) is 1.70. The van der Waals surface area contributed by atoms with E-state index in [4.69, 9.17) is 5.84 Å². The van der Waals surface area contributed by atoms with Crippen LogP contribution in [0.1, 0.15) is 42.6 Å². The van der Waals surface area contributed by atoms with Crippen molar-refractivity contribution in [1.82, 2.24) is 25.5 Å². The Morgan fingerprint density at radius 1 is 1.38 bits per heavy atom. The Morgan fingerprint density at radius 3 is 2.71 bits per heavy atom. The van der Waals surface area contributed by atoms with E-state index < -0.39 is 0 Å². The average molecular weight is 289 g/mol. The lowest BCUT2D eigenvalue weighted by atomic mass is 9.90. The van der Waals surface area contributed by atoms with E-state index in [0.717, 1.165) is 5.69 Å². The number of nitrogens with one attached hydrogen (secondary N) is 3. The van der Waals surface area contributed by atoms with Gasteiger partial charge in [-0.25, -0.2) is 15.8 Å². The van der Waals surface area contributed by atoms with Crippen LogP contribution >= 0.6 is 0 Å². The normalized spacial score (nSPS) is 11.2. The maximum absolute atomic E-state index is 12.2. The highest BCUT2D eigenvalue weighted by Gasteiger charge is 2.19. The number of H-pyrrole nitrogens is 1. The van der Waals surface area contributed by atoms with Gasteiger partial charge in [-0.3, -0.25) is 9.89 Å². The van der Waals surface area contributed by atoms with Crippen molar-refractivity contribution in [3.63, 3.8) is 0 Å². The van der Waals surface area contributed by atoms with E-state index in [1.54, 1.807) is 12.1 Å². The van der Waals surface area contributed by atoms with E-state index in [0.29, 0.717) is 17.2 Å². The molecule has 8 nitrogen and oxygen atoms in total. The molecule has 0 saturated carbocycles. The zero-order valence-electron chi connectivity index (χ0n) is 12.3. The molecule has 0 spiro atoms. The van der Waals surface area contributed by atoms with E-state index in [9.17, 15) is 4.79 Å². The predicted molar refractivity (Wildman–Crippen MR) is 78.3 cm³/mol. The molecular weight excluding hydrogens is 270 g/mol. The Morgan fingerprint density at radius 2 is 2.14 bits per heavy atom. The molecule has 0 bridgehead atoms. The van der Waals surface area contributed by atoms with Crippen molar-refractivity contribution in [3.05, 3.63) is 35.5 Å². The van der Waals surface area contributed by atoms with Crippen molar-refractivity contribution < 1.29 is 4.79 Å². The molecule has 2 aromatic rings. The summed E-state index contributed by atoms with van der Waals surface area (Å²) in [5, 5.41) is 9.17. The fourth-order valence-corrected chi connectivity index (χ4v) is 1.70. The molecule has 1 amide bonds. The molecule has 0 aromatic carbocycles. The molecule has 112 valence electrons. The van der Waals surface area contributed by atoms with Gasteiger partial charge >= 0.3 is 0 Å². The zero-order valence-corrected chi connectivity index (χ0v) is 12.3. The Kier molecular flexibility index (Phi) is 4.18. The minimum Gasteiger partial charge on any atom is -0.345 e. The standard InChI is InChI=1S/C13H19N7O/c1-13(2,3)9-4-8(5-10(18-9)19-14)12(21)15-6-11-16-7-17-20-11/h4-5,7H,6,14H2,1-3H3,(H,15,21)(H,18,19)(H,16,17,20). The molecule has 0 unspecified atom stereocenters. The largest absolute Gasteiger partial charge is 0.345 e. The molecular formula is C13H19N7O. The quantitative estimate of drug-likeness (QED) is 0.486. The molecule has 21 heavy (non-hydrogen) atoms. The van der Waals surface area contributed by atoms with E-state index in [-0.39, 0.29) is 17.9 Å². The summed E-state index contributed by atoms with van der Waals surface area (Å²) in [5.74, 6) is 6.23. The van der Waals surface area contributed by atoms with Gasteiger partial charge in [-0.15, -0.1) is 0 Å². The third-order valence-corrected chi connectivity index (χ3v) is 2.89. The second kappa shape index (κ2) is 5.88. The van der Waals surface area contributed by atoms with Gasteiger partial charge in [-0.2, -0.15) is 5.10 Å². The van der Waals surface area contributed by atoms with Gasteiger partial charge in [-0.05, 0) is 12.1 Å². The van der Waals surface area contributed by atoms with Crippen molar-refractivity contribution in [1.29, 1.82) is 0 Å². The second-order valence-electron chi connectivity index (χ2n) is 5.64. The summed E-state index contributed by atoms with van der Waals surface area (Å²) in [5.41, 5.74) is 3.57. The molecule has 0 aliphatic rings. The monoisotopic (exact) mass is 289 g/mol.